The van der Waals surface area contributed by atoms with Crippen LogP contribution in [0, 0.1) is 56.2 Å². The van der Waals surface area contributed by atoms with Crippen LogP contribution in [-0.2, 0) is 25.7 Å². The van der Waals surface area contributed by atoms with Gasteiger partial charge in [0, 0.05) is 49.6 Å². The van der Waals surface area contributed by atoms with Gasteiger partial charge in [-0.05, 0) is 131 Å². The van der Waals surface area contributed by atoms with Gasteiger partial charge in [0.15, 0.2) is 5.78 Å². The van der Waals surface area contributed by atoms with Gasteiger partial charge in [0.05, 0.1) is 23.6 Å². The van der Waals surface area contributed by atoms with Crippen LogP contribution in [0.2, 0.25) is 0 Å². The van der Waals surface area contributed by atoms with Crippen molar-refractivity contribution in [3.05, 3.63) is 35.4 Å². The number of carboxylic acid groups (broad SMARTS) is 1. The first-order valence-corrected chi connectivity index (χ1v) is 21.5. The number of carboxylic acids is 1. The fraction of sp³-hybridized carbons (Fsp3) is 0.804. The quantitative estimate of drug-likeness (QED) is 0.193. The van der Waals surface area contributed by atoms with Crippen molar-refractivity contribution in [1.82, 2.24) is 19.8 Å². The van der Waals surface area contributed by atoms with E-state index in [1.54, 1.807) is 26.4 Å². The van der Waals surface area contributed by atoms with Crippen LogP contribution in [0.1, 0.15) is 132 Å². The molecule has 10 nitrogen and oxygen atoms in total. The minimum absolute atomic E-state index is 0.0331. The summed E-state index contributed by atoms with van der Waals surface area (Å²) < 4.78 is 6.19. The number of nitrogens with zero attached hydrogens (tertiary/aromatic N) is 4. The second-order valence-corrected chi connectivity index (χ2v) is 21.3. The molecule has 1 heterocycles. The summed E-state index contributed by atoms with van der Waals surface area (Å²) in [6.45, 7) is 22.4. The highest BCUT2D eigenvalue weighted by Crippen LogP contribution is 2.77. The molecule has 0 aromatic carbocycles. The maximum absolute atomic E-state index is 14.3. The molecule has 0 bridgehead atoms. The Kier molecular flexibility index (Phi) is 11.6. The number of ketones is 1. The molecule has 5 aliphatic carbocycles. The molecule has 2 N–H and O–H groups in total. The van der Waals surface area contributed by atoms with Crippen molar-refractivity contribution in [2.24, 2.45) is 56.2 Å². The van der Waals surface area contributed by atoms with Gasteiger partial charge in [-0.1, -0.05) is 54.0 Å². The standard InChI is InChI=1S/C46H72N4O6/c1-29(2)38-32(51)24-46(35(52)27-50(23-22-49(10)11)26-30-16-21-47-28-48-30)20-19-44(8)31(39(38)46)12-13-34-43(7)17-15-36(56-37(53)25-41(3,4)40(54)55)42(5,6)33(43)14-18-45(34,44)9/h16,21,28-29,31,33-36,52H,12-15,17-20,22-27H2,1-11H3,(H,54,55)/t31-,33+,34-,35?,36+,43+,44-,45-,46?/m1/s1. The lowest BCUT2D eigenvalue weighted by molar-refractivity contribution is -0.235. The predicted molar refractivity (Wildman–Crippen MR) is 217 cm³/mol. The molecular weight excluding hydrogens is 705 g/mol. The summed E-state index contributed by atoms with van der Waals surface area (Å²) in [7, 11) is 4.15. The number of esters is 1. The monoisotopic (exact) mass is 777 g/mol. The minimum atomic E-state index is -1.17. The molecule has 4 fully saturated rings. The van der Waals surface area contributed by atoms with Crippen LogP contribution in [0.5, 0.6) is 0 Å². The Bertz CT molecular complexity index is 1690. The predicted octanol–water partition coefficient (Wildman–Crippen LogP) is 7.59. The molecule has 0 amide bonds. The highest BCUT2D eigenvalue weighted by molar-refractivity contribution is 6.00. The van der Waals surface area contributed by atoms with Gasteiger partial charge < -0.3 is 19.8 Å². The van der Waals surface area contributed by atoms with Crippen LogP contribution in [0.15, 0.2) is 29.7 Å². The molecule has 1 aromatic heterocycles. The number of aliphatic hydroxyl groups excluding tert-OH is 1. The van der Waals surface area contributed by atoms with Crippen molar-refractivity contribution in [2.75, 3.05) is 33.7 Å². The molecule has 0 spiro atoms. The number of carbonyl (C=O) groups excluding carboxylic acids is 2. The lowest BCUT2D eigenvalue weighted by atomic mass is 9.33. The number of rotatable bonds is 13. The summed E-state index contributed by atoms with van der Waals surface area (Å²) in [4.78, 5) is 52.3. The van der Waals surface area contributed by atoms with E-state index in [4.69, 9.17) is 4.74 Å². The first-order valence-electron chi connectivity index (χ1n) is 21.5. The maximum Gasteiger partial charge on any atom is 0.309 e. The number of aliphatic hydroxyl groups is 1. The number of hydrogen-bond acceptors (Lipinski definition) is 9. The summed E-state index contributed by atoms with van der Waals surface area (Å²) in [5, 5.41) is 22.3. The number of Topliss-reactive ketones (excluding diaryl/α,β-unsaturated/α-hetero) is 1. The largest absolute Gasteiger partial charge is 0.481 e. The smallest absolute Gasteiger partial charge is 0.309 e. The van der Waals surface area contributed by atoms with Crippen LogP contribution in [-0.4, -0.2) is 93.6 Å². The van der Waals surface area contributed by atoms with Crippen LogP contribution in [0.3, 0.4) is 0 Å². The van der Waals surface area contributed by atoms with E-state index in [-0.39, 0.29) is 51.8 Å². The highest BCUT2D eigenvalue weighted by Gasteiger charge is 2.71. The van der Waals surface area contributed by atoms with Gasteiger partial charge in [-0.3, -0.25) is 19.3 Å². The number of hydrogen-bond donors (Lipinski definition) is 2. The van der Waals surface area contributed by atoms with Crippen molar-refractivity contribution >= 4 is 17.7 Å². The molecule has 0 aliphatic heterocycles. The topological polar surface area (TPSA) is 133 Å². The fourth-order valence-electron chi connectivity index (χ4n) is 13.5. The van der Waals surface area contributed by atoms with E-state index in [1.165, 1.54) is 5.57 Å². The Morgan fingerprint density at radius 1 is 0.964 bits per heavy atom. The van der Waals surface area contributed by atoms with E-state index in [0.717, 1.165) is 75.7 Å². The van der Waals surface area contributed by atoms with Gasteiger partial charge in [-0.25, -0.2) is 9.97 Å². The number of ether oxygens (including phenoxy) is 1. The van der Waals surface area contributed by atoms with Crippen molar-refractivity contribution < 1.29 is 29.3 Å². The number of allylic oxidation sites excluding steroid dienone is 1. The zero-order valence-electron chi connectivity index (χ0n) is 36.4. The molecule has 6 rings (SSSR count). The van der Waals surface area contributed by atoms with Crippen LogP contribution in [0.25, 0.3) is 0 Å². The number of fused-ring (bicyclic) bond motifs is 7. The summed E-state index contributed by atoms with van der Waals surface area (Å²) in [5.74, 6) is -0.0142. The second-order valence-electron chi connectivity index (χ2n) is 21.3. The molecule has 4 saturated carbocycles. The Hall–Kier alpha value is -2.69. The van der Waals surface area contributed by atoms with E-state index < -0.39 is 28.9 Å². The van der Waals surface area contributed by atoms with Gasteiger partial charge in [0.2, 0.25) is 0 Å². The molecule has 0 radical (unpaired) electrons. The maximum atomic E-state index is 14.3. The van der Waals surface area contributed by atoms with Crippen LogP contribution in [0.4, 0.5) is 0 Å². The van der Waals surface area contributed by atoms with E-state index in [9.17, 15) is 24.6 Å². The summed E-state index contributed by atoms with van der Waals surface area (Å²) in [6.07, 6.45) is 10.4. The van der Waals surface area contributed by atoms with E-state index in [2.05, 4.69) is 82.3 Å². The lowest BCUT2D eigenvalue weighted by Gasteiger charge is -2.72. The van der Waals surface area contributed by atoms with Gasteiger partial charge in [-0.15, -0.1) is 0 Å². The molecule has 0 saturated heterocycles. The van der Waals surface area contributed by atoms with E-state index in [1.807, 2.05) is 6.07 Å². The molecule has 5 aliphatic rings. The first kappa shape index (κ1) is 42.9. The number of likely N-dealkylation sites (N-methyl/N-ethyl adjacent to an activating group) is 1. The number of carbonyl (C=O) groups is 3. The van der Waals surface area contributed by atoms with E-state index >= 15 is 0 Å². The molecular formula is C46H72N4O6. The van der Waals surface area contributed by atoms with E-state index in [0.29, 0.717) is 31.3 Å². The third-order valence-electron chi connectivity index (χ3n) is 16.8. The molecule has 9 atom stereocenters. The third kappa shape index (κ3) is 7.09. The SMILES string of the molecule is CC(C)C1=C2[C@H]3CC[C@@H]4[C@@]5(C)CC[C@H](OC(=O)CC(C)(C)C(=O)O)C(C)(C)[C@@H]5CC[C@@]4(C)[C@]3(C)CCC2(C(O)CN(CCN(C)C)Cc2ccncn2)CC1=O. The van der Waals surface area contributed by atoms with Crippen molar-refractivity contribution in [3.8, 4) is 0 Å². The third-order valence-corrected chi connectivity index (χ3v) is 16.8. The molecule has 56 heavy (non-hydrogen) atoms. The van der Waals surface area contributed by atoms with Gasteiger partial charge in [0.1, 0.15) is 12.4 Å². The zero-order chi connectivity index (χ0) is 41.2. The second kappa shape index (κ2) is 15.2. The first-order chi connectivity index (χ1) is 26.0. The molecule has 312 valence electrons. The van der Waals surface area contributed by atoms with Crippen molar-refractivity contribution in [2.45, 2.75) is 145 Å². The van der Waals surface area contributed by atoms with Crippen molar-refractivity contribution in [1.29, 1.82) is 0 Å². The fourth-order valence-corrected chi connectivity index (χ4v) is 13.5. The van der Waals surface area contributed by atoms with Gasteiger partial charge in [-0.2, -0.15) is 0 Å². The Balaban J connectivity index is 1.29. The normalized spacial score (nSPS) is 35.9. The summed E-state index contributed by atoms with van der Waals surface area (Å²) in [5.41, 5.74) is 1.28. The van der Waals surface area contributed by atoms with Crippen LogP contribution < -0.4 is 0 Å². The minimum Gasteiger partial charge on any atom is -0.481 e. The Morgan fingerprint density at radius 2 is 1.68 bits per heavy atom. The number of aliphatic carboxylic acids is 1. The van der Waals surface area contributed by atoms with Gasteiger partial charge in [0.25, 0.3) is 0 Å². The highest BCUT2D eigenvalue weighted by atomic mass is 16.5. The van der Waals surface area contributed by atoms with Crippen LogP contribution >= 0.6 is 0 Å². The zero-order valence-corrected chi connectivity index (χ0v) is 36.4. The average Bonchev–Trinajstić information content (AvgIpc) is 3.42. The molecule has 1 aromatic rings. The average molecular weight is 777 g/mol. The Morgan fingerprint density at radius 3 is 2.30 bits per heavy atom. The number of aromatic nitrogens is 2. The summed E-state index contributed by atoms with van der Waals surface area (Å²) in [6, 6.07) is 1.94. The Labute approximate surface area is 336 Å². The van der Waals surface area contributed by atoms with Crippen molar-refractivity contribution in [3.63, 3.8) is 0 Å². The lowest BCUT2D eigenvalue weighted by Crippen LogP contribution is -2.66. The summed E-state index contributed by atoms with van der Waals surface area (Å²) >= 11 is 0. The van der Waals surface area contributed by atoms with Gasteiger partial charge >= 0.3 is 11.9 Å². The molecule has 2 unspecified atom stereocenters. The molecule has 10 heteroatoms.